The first-order chi connectivity index (χ1) is 9.00. The molecule has 19 heavy (non-hydrogen) atoms. The summed E-state index contributed by atoms with van der Waals surface area (Å²) in [6.07, 6.45) is 1.11. The molecular formula is C14H20N2O3. The number of amides is 1. The number of aliphatic hydroxyl groups is 1. The Balaban J connectivity index is 2.03. The van der Waals surface area contributed by atoms with Gasteiger partial charge in [-0.25, -0.2) is 0 Å². The predicted molar refractivity (Wildman–Crippen MR) is 72.8 cm³/mol. The molecule has 0 spiro atoms. The summed E-state index contributed by atoms with van der Waals surface area (Å²) in [4.78, 5) is 13.8. The van der Waals surface area contributed by atoms with Gasteiger partial charge < -0.3 is 20.5 Å². The molecule has 0 unspecified atom stereocenters. The SMILES string of the molecule is CN(CC1(O)CCOCC1)C(=O)c1cccc(N)c1. The van der Waals surface area contributed by atoms with Crippen molar-refractivity contribution in [2.24, 2.45) is 0 Å². The summed E-state index contributed by atoms with van der Waals surface area (Å²) in [5.41, 5.74) is 5.93. The number of likely N-dealkylation sites (N-methyl/N-ethyl adjacent to an activating group) is 1. The molecule has 0 saturated carbocycles. The summed E-state index contributed by atoms with van der Waals surface area (Å²) in [6.45, 7) is 1.39. The summed E-state index contributed by atoms with van der Waals surface area (Å²) in [7, 11) is 1.69. The van der Waals surface area contributed by atoms with Gasteiger partial charge in [-0.05, 0) is 18.2 Å². The van der Waals surface area contributed by atoms with Gasteiger partial charge in [-0.3, -0.25) is 4.79 Å². The van der Waals surface area contributed by atoms with Crippen molar-refractivity contribution in [3.8, 4) is 0 Å². The topological polar surface area (TPSA) is 75.8 Å². The smallest absolute Gasteiger partial charge is 0.253 e. The molecule has 0 atom stereocenters. The number of carbonyl (C=O) groups is 1. The van der Waals surface area contributed by atoms with Gasteiger partial charge in [-0.15, -0.1) is 0 Å². The summed E-state index contributed by atoms with van der Waals surface area (Å²) >= 11 is 0. The molecule has 1 saturated heterocycles. The lowest BCUT2D eigenvalue weighted by Crippen LogP contribution is -2.47. The molecule has 2 rings (SSSR count). The van der Waals surface area contributed by atoms with Crippen molar-refractivity contribution in [3.05, 3.63) is 29.8 Å². The van der Waals surface area contributed by atoms with Crippen LogP contribution in [0.1, 0.15) is 23.2 Å². The number of nitrogen functional groups attached to an aromatic ring is 1. The molecule has 104 valence electrons. The Hall–Kier alpha value is -1.59. The van der Waals surface area contributed by atoms with Crippen molar-refractivity contribution in [2.75, 3.05) is 32.5 Å². The zero-order chi connectivity index (χ0) is 13.9. The highest BCUT2D eigenvalue weighted by Gasteiger charge is 2.32. The largest absolute Gasteiger partial charge is 0.399 e. The lowest BCUT2D eigenvalue weighted by Gasteiger charge is -2.35. The predicted octanol–water partition coefficient (Wildman–Crippen LogP) is 0.882. The van der Waals surface area contributed by atoms with Crippen LogP contribution in [0.25, 0.3) is 0 Å². The molecule has 1 amide bonds. The van der Waals surface area contributed by atoms with Gasteiger partial charge in [0.25, 0.3) is 5.91 Å². The lowest BCUT2D eigenvalue weighted by atomic mass is 9.93. The second-order valence-corrected chi connectivity index (χ2v) is 5.12. The fourth-order valence-electron chi connectivity index (χ4n) is 2.31. The number of nitrogens with two attached hydrogens (primary N) is 1. The van der Waals surface area contributed by atoms with Gasteiger partial charge in [-0.2, -0.15) is 0 Å². The van der Waals surface area contributed by atoms with E-state index in [4.69, 9.17) is 10.5 Å². The van der Waals surface area contributed by atoms with E-state index in [0.717, 1.165) is 0 Å². The second kappa shape index (κ2) is 5.59. The van der Waals surface area contributed by atoms with E-state index in [0.29, 0.717) is 43.9 Å². The molecule has 1 aliphatic rings. The Kier molecular flexibility index (Phi) is 4.07. The van der Waals surface area contributed by atoms with Crippen LogP contribution in [0, 0.1) is 0 Å². The maximum Gasteiger partial charge on any atom is 0.253 e. The minimum absolute atomic E-state index is 0.132. The van der Waals surface area contributed by atoms with Crippen LogP contribution in [0.3, 0.4) is 0 Å². The Morgan fingerprint density at radius 3 is 2.79 bits per heavy atom. The van der Waals surface area contributed by atoms with Crippen LogP contribution in [0.4, 0.5) is 5.69 Å². The number of rotatable bonds is 3. The zero-order valence-corrected chi connectivity index (χ0v) is 11.1. The maximum absolute atomic E-state index is 12.2. The summed E-state index contributed by atoms with van der Waals surface area (Å²) in [5, 5.41) is 10.4. The molecule has 3 N–H and O–H groups in total. The first kappa shape index (κ1) is 13.8. The van der Waals surface area contributed by atoms with Crippen LogP contribution in [0.2, 0.25) is 0 Å². The van der Waals surface area contributed by atoms with E-state index < -0.39 is 5.60 Å². The minimum atomic E-state index is -0.844. The molecule has 1 fully saturated rings. The van der Waals surface area contributed by atoms with Gasteiger partial charge in [-0.1, -0.05) is 6.07 Å². The van der Waals surface area contributed by atoms with E-state index in [9.17, 15) is 9.90 Å². The third-order valence-electron chi connectivity index (χ3n) is 3.44. The lowest BCUT2D eigenvalue weighted by molar-refractivity contribution is -0.0734. The Bertz CT molecular complexity index is 456. The molecule has 1 heterocycles. The molecule has 1 aromatic rings. The third-order valence-corrected chi connectivity index (χ3v) is 3.44. The van der Waals surface area contributed by atoms with Crippen LogP contribution in [-0.4, -0.2) is 48.3 Å². The van der Waals surface area contributed by atoms with Gasteiger partial charge in [0.2, 0.25) is 0 Å². The average Bonchev–Trinajstić information content (AvgIpc) is 2.38. The van der Waals surface area contributed by atoms with E-state index >= 15 is 0 Å². The van der Waals surface area contributed by atoms with Crippen LogP contribution >= 0.6 is 0 Å². The Morgan fingerprint density at radius 1 is 1.47 bits per heavy atom. The van der Waals surface area contributed by atoms with Crippen molar-refractivity contribution in [2.45, 2.75) is 18.4 Å². The highest BCUT2D eigenvalue weighted by Crippen LogP contribution is 2.22. The van der Waals surface area contributed by atoms with E-state index in [1.807, 2.05) is 0 Å². The van der Waals surface area contributed by atoms with Crippen molar-refractivity contribution in [3.63, 3.8) is 0 Å². The number of hydrogen-bond donors (Lipinski definition) is 2. The van der Waals surface area contributed by atoms with Crippen LogP contribution < -0.4 is 5.73 Å². The minimum Gasteiger partial charge on any atom is -0.399 e. The molecule has 0 aromatic heterocycles. The second-order valence-electron chi connectivity index (χ2n) is 5.12. The van der Waals surface area contributed by atoms with Crippen LogP contribution in [-0.2, 0) is 4.74 Å². The summed E-state index contributed by atoms with van der Waals surface area (Å²) < 4.78 is 5.23. The van der Waals surface area contributed by atoms with Crippen molar-refractivity contribution >= 4 is 11.6 Å². The number of carbonyl (C=O) groups excluding carboxylic acids is 1. The molecule has 1 aliphatic heterocycles. The van der Waals surface area contributed by atoms with Gasteiger partial charge >= 0.3 is 0 Å². The average molecular weight is 264 g/mol. The van der Waals surface area contributed by atoms with E-state index in [2.05, 4.69) is 0 Å². The quantitative estimate of drug-likeness (QED) is 0.795. The normalized spacial score (nSPS) is 18.0. The van der Waals surface area contributed by atoms with E-state index in [-0.39, 0.29) is 5.91 Å². The fraction of sp³-hybridized carbons (Fsp3) is 0.500. The van der Waals surface area contributed by atoms with Crippen molar-refractivity contribution < 1.29 is 14.6 Å². The number of nitrogens with zero attached hydrogens (tertiary/aromatic N) is 1. The summed E-state index contributed by atoms with van der Waals surface area (Å²) in [5.74, 6) is -0.132. The Morgan fingerprint density at radius 2 is 2.16 bits per heavy atom. The molecule has 5 nitrogen and oxygen atoms in total. The highest BCUT2D eigenvalue weighted by molar-refractivity contribution is 5.94. The molecule has 0 bridgehead atoms. The van der Waals surface area contributed by atoms with Gasteiger partial charge in [0, 0.05) is 50.9 Å². The van der Waals surface area contributed by atoms with Crippen LogP contribution in [0.15, 0.2) is 24.3 Å². The number of hydrogen-bond acceptors (Lipinski definition) is 4. The third kappa shape index (κ3) is 3.45. The molecule has 0 radical (unpaired) electrons. The summed E-state index contributed by atoms with van der Waals surface area (Å²) in [6, 6.07) is 6.86. The highest BCUT2D eigenvalue weighted by atomic mass is 16.5. The first-order valence-electron chi connectivity index (χ1n) is 6.41. The van der Waals surface area contributed by atoms with Crippen LogP contribution in [0.5, 0.6) is 0 Å². The fourth-order valence-corrected chi connectivity index (χ4v) is 2.31. The standard InChI is InChI=1S/C14H20N2O3/c1-16(10-14(18)5-7-19-8-6-14)13(17)11-3-2-4-12(15)9-11/h2-4,9,18H,5-8,10,15H2,1H3. The van der Waals surface area contributed by atoms with E-state index in [1.165, 1.54) is 0 Å². The molecule has 1 aromatic carbocycles. The van der Waals surface area contributed by atoms with Gasteiger partial charge in [0.1, 0.15) is 0 Å². The molecule has 0 aliphatic carbocycles. The van der Waals surface area contributed by atoms with Crippen molar-refractivity contribution in [1.82, 2.24) is 4.90 Å². The molecule has 5 heteroatoms. The zero-order valence-electron chi connectivity index (χ0n) is 11.1. The van der Waals surface area contributed by atoms with Crippen molar-refractivity contribution in [1.29, 1.82) is 0 Å². The van der Waals surface area contributed by atoms with Gasteiger partial charge in [0.05, 0.1) is 5.60 Å². The number of benzene rings is 1. The van der Waals surface area contributed by atoms with E-state index in [1.54, 1.807) is 36.2 Å². The number of anilines is 1. The molecular weight excluding hydrogens is 244 g/mol. The number of ether oxygens (including phenoxy) is 1. The maximum atomic E-state index is 12.2. The first-order valence-corrected chi connectivity index (χ1v) is 6.41. The van der Waals surface area contributed by atoms with Gasteiger partial charge in [0.15, 0.2) is 0 Å². The Labute approximate surface area is 113 Å². The monoisotopic (exact) mass is 264 g/mol.